The number of aromatic nitrogens is 1. The van der Waals surface area contributed by atoms with E-state index in [9.17, 15) is 18.8 Å². The number of para-hydroxylation sites is 2. The summed E-state index contributed by atoms with van der Waals surface area (Å²) in [6.07, 6.45) is 0. The Morgan fingerprint density at radius 1 is 1.14 bits per heavy atom. The monoisotopic (exact) mass is 501 g/mol. The van der Waals surface area contributed by atoms with Crippen LogP contribution in [0.3, 0.4) is 0 Å². The molecule has 2 aromatic carbocycles. The Hall–Kier alpha value is -4.03. The van der Waals surface area contributed by atoms with Crippen molar-refractivity contribution < 1.29 is 28.2 Å². The van der Waals surface area contributed by atoms with E-state index in [2.05, 4.69) is 9.69 Å². The first-order valence-corrected chi connectivity index (χ1v) is 11.1. The molecular formula is C23H24FN5O5S. The molecule has 0 fully saturated rings. The van der Waals surface area contributed by atoms with Gasteiger partial charge in [0.05, 0.1) is 25.1 Å². The summed E-state index contributed by atoms with van der Waals surface area (Å²) in [5.41, 5.74) is 11.4. The number of benzene rings is 2. The summed E-state index contributed by atoms with van der Waals surface area (Å²) in [5.74, 6) is -2.41. The summed E-state index contributed by atoms with van der Waals surface area (Å²) in [4.78, 5) is 40.1. The zero-order valence-corrected chi connectivity index (χ0v) is 19.8. The summed E-state index contributed by atoms with van der Waals surface area (Å²) >= 11 is 0.678. The average Bonchev–Trinajstić information content (AvgIpc) is 3.24. The minimum absolute atomic E-state index is 0.0958. The lowest BCUT2D eigenvalue weighted by molar-refractivity contribution is -0.122. The highest BCUT2D eigenvalue weighted by Gasteiger charge is 2.37. The summed E-state index contributed by atoms with van der Waals surface area (Å²) < 4.78 is 28.1. The molecule has 3 aromatic rings. The second-order valence-electron chi connectivity index (χ2n) is 7.22. The van der Waals surface area contributed by atoms with E-state index >= 15 is 0 Å². The maximum absolute atomic E-state index is 13.9. The number of primary amides is 1. The van der Waals surface area contributed by atoms with E-state index in [1.54, 1.807) is 24.3 Å². The molecule has 0 saturated carbocycles. The van der Waals surface area contributed by atoms with Gasteiger partial charge in [-0.3, -0.25) is 19.3 Å². The molecule has 0 aliphatic carbocycles. The maximum atomic E-state index is 13.9. The maximum Gasteiger partial charge on any atom is 0.273 e. The Bertz CT molecular complexity index is 1220. The number of rotatable bonds is 10. The highest BCUT2D eigenvalue weighted by Crippen LogP contribution is 2.37. The lowest BCUT2D eigenvalue weighted by atomic mass is 10.0. The fraction of sp³-hybridized carbons (Fsp3) is 0.217. The Morgan fingerprint density at radius 3 is 2.43 bits per heavy atom. The van der Waals surface area contributed by atoms with Crippen molar-refractivity contribution in [2.75, 3.05) is 38.0 Å². The van der Waals surface area contributed by atoms with Crippen LogP contribution >= 0.6 is 11.5 Å². The third-order valence-electron chi connectivity index (χ3n) is 5.02. The van der Waals surface area contributed by atoms with Crippen molar-refractivity contribution in [1.82, 2.24) is 9.69 Å². The van der Waals surface area contributed by atoms with Gasteiger partial charge < -0.3 is 26.3 Å². The Balaban J connectivity index is 2.22. The summed E-state index contributed by atoms with van der Waals surface area (Å²) in [7, 11) is 2.90. The molecule has 35 heavy (non-hydrogen) atoms. The topological polar surface area (TPSA) is 150 Å². The van der Waals surface area contributed by atoms with Crippen molar-refractivity contribution in [2.45, 2.75) is 6.04 Å². The molecule has 184 valence electrons. The molecule has 3 amide bonds. The molecule has 10 nitrogen and oxygen atoms in total. The van der Waals surface area contributed by atoms with Crippen LogP contribution in [-0.4, -0.2) is 49.5 Å². The van der Waals surface area contributed by atoms with Gasteiger partial charge in [0.1, 0.15) is 22.5 Å². The number of nitrogens with two attached hydrogens (primary N) is 2. The fourth-order valence-electron chi connectivity index (χ4n) is 3.37. The first-order valence-electron chi connectivity index (χ1n) is 10.3. The second kappa shape index (κ2) is 11.4. The van der Waals surface area contributed by atoms with Crippen LogP contribution in [0, 0.1) is 5.82 Å². The van der Waals surface area contributed by atoms with E-state index < -0.39 is 29.6 Å². The lowest BCUT2D eigenvalue weighted by Crippen LogP contribution is -2.45. The third-order valence-corrected chi connectivity index (χ3v) is 5.87. The summed E-state index contributed by atoms with van der Waals surface area (Å²) in [6, 6.07) is 10.5. The van der Waals surface area contributed by atoms with Crippen molar-refractivity contribution in [2.24, 2.45) is 5.73 Å². The second-order valence-corrected chi connectivity index (χ2v) is 8.00. The summed E-state index contributed by atoms with van der Waals surface area (Å²) in [6.45, 7) is 0.393. The van der Waals surface area contributed by atoms with Crippen LogP contribution in [-0.2, 0) is 9.53 Å². The number of hydrogen-bond acceptors (Lipinski definition) is 8. The minimum Gasteiger partial charge on any atom is -0.495 e. The lowest BCUT2D eigenvalue weighted by Gasteiger charge is -2.32. The molecule has 0 aliphatic rings. The molecule has 0 spiro atoms. The number of nitrogen functional groups attached to an aromatic ring is 1. The number of methoxy groups -OCH3 is 2. The number of hydrogen-bond donors (Lipinski definition) is 3. The van der Waals surface area contributed by atoms with Crippen LogP contribution in [0.2, 0.25) is 0 Å². The van der Waals surface area contributed by atoms with Crippen LogP contribution in [0.4, 0.5) is 15.8 Å². The van der Waals surface area contributed by atoms with Gasteiger partial charge in [-0.05, 0) is 41.4 Å². The van der Waals surface area contributed by atoms with Crippen LogP contribution in [0.5, 0.6) is 5.75 Å². The largest absolute Gasteiger partial charge is 0.495 e. The van der Waals surface area contributed by atoms with Gasteiger partial charge in [0, 0.05) is 13.7 Å². The smallest absolute Gasteiger partial charge is 0.273 e. The Morgan fingerprint density at radius 2 is 1.83 bits per heavy atom. The van der Waals surface area contributed by atoms with Gasteiger partial charge in [0.2, 0.25) is 5.91 Å². The first kappa shape index (κ1) is 25.6. The molecule has 12 heteroatoms. The van der Waals surface area contributed by atoms with Crippen molar-refractivity contribution in [1.29, 1.82) is 0 Å². The van der Waals surface area contributed by atoms with Gasteiger partial charge in [-0.1, -0.05) is 24.3 Å². The van der Waals surface area contributed by atoms with Crippen LogP contribution < -0.4 is 26.4 Å². The standard InChI is InChI=1S/C23H24FN5O5S/c1-33-12-11-27-22(31)19(13-7-9-14(24)10-8-13)29(15-5-3-4-6-16(15)34-2)23(32)20-17(25)18(21(26)30)28-35-20/h3-10,19H,11-12,25H2,1-2H3,(H2,26,30)(H,27,31)/t19-/m0/s1. The number of halogens is 1. The molecule has 0 aliphatic heterocycles. The molecule has 0 radical (unpaired) electrons. The molecule has 3 rings (SSSR count). The van der Waals surface area contributed by atoms with Gasteiger partial charge in [0.25, 0.3) is 11.8 Å². The zero-order chi connectivity index (χ0) is 25.5. The first-order chi connectivity index (χ1) is 16.8. The highest BCUT2D eigenvalue weighted by atomic mass is 32.1. The van der Waals surface area contributed by atoms with Crippen LogP contribution in [0.25, 0.3) is 0 Å². The quantitative estimate of drug-likeness (QED) is 0.360. The van der Waals surface area contributed by atoms with E-state index in [0.29, 0.717) is 17.1 Å². The minimum atomic E-state index is -1.27. The zero-order valence-electron chi connectivity index (χ0n) is 19.0. The van der Waals surface area contributed by atoms with Gasteiger partial charge in [-0.15, -0.1) is 0 Å². The van der Waals surface area contributed by atoms with Crippen molar-refractivity contribution in [3.63, 3.8) is 0 Å². The molecule has 0 saturated heterocycles. The predicted molar refractivity (Wildman–Crippen MR) is 129 cm³/mol. The third kappa shape index (κ3) is 5.55. The van der Waals surface area contributed by atoms with Gasteiger partial charge in [0.15, 0.2) is 5.69 Å². The van der Waals surface area contributed by atoms with Crippen LogP contribution in [0.15, 0.2) is 48.5 Å². The number of anilines is 2. The van der Waals surface area contributed by atoms with E-state index in [0.717, 1.165) is 0 Å². The average molecular weight is 502 g/mol. The summed E-state index contributed by atoms with van der Waals surface area (Å²) in [5, 5.41) is 2.72. The molecular weight excluding hydrogens is 477 g/mol. The molecule has 1 aromatic heterocycles. The SMILES string of the molecule is COCCNC(=O)[C@H](c1ccc(F)cc1)N(C(=O)c1snc(C(N)=O)c1N)c1ccccc1OC. The fourth-order valence-corrected chi connectivity index (χ4v) is 4.11. The van der Waals surface area contributed by atoms with E-state index in [4.69, 9.17) is 20.9 Å². The highest BCUT2D eigenvalue weighted by molar-refractivity contribution is 7.09. The van der Waals surface area contributed by atoms with E-state index in [-0.39, 0.29) is 40.8 Å². The number of carbonyl (C=O) groups is 3. The van der Waals surface area contributed by atoms with E-state index in [1.165, 1.54) is 43.4 Å². The number of carbonyl (C=O) groups excluding carboxylic acids is 3. The predicted octanol–water partition coefficient (Wildman–Crippen LogP) is 2.12. The molecule has 1 heterocycles. The van der Waals surface area contributed by atoms with E-state index in [1.807, 2.05) is 0 Å². The van der Waals surface area contributed by atoms with Gasteiger partial charge in [-0.25, -0.2) is 4.39 Å². The number of amides is 3. The van der Waals surface area contributed by atoms with Gasteiger partial charge >= 0.3 is 0 Å². The normalized spacial score (nSPS) is 11.5. The van der Waals surface area contributed by atoms with Crippen LogP contribution in [0.1, 0.15) is 31.8 Å². The molecule has 5 N–H and O–H groups in total. The number of ether oxygens (including phenoxy) is 2. The Labute approximate surface area is 204 Å². The number of nitrogens with one attached hydrogen (secondary N) is 1. The van der Waals surface area contributed by atoms with Crippen molar-refractivity contribution >= 4 is 40.6 Å². The Kier molecular flexibility index (Phi) is 8.34. The molecule has 0 unspecified atom stereocenters. The number of nitrogens with zero attached hydrogens (tertiary/aromatic N) is 2. The van der Waals surface area contributed by atoms with Crippen molar-refractivity contribution in [3.8, 4) is 5.75 Å². The van der Waals surface area contributed by atoms with Crippen molar-refractivity contribution in [3.05, 3.63) is 70.5 Å². The molecule has 0 bridgehead atoms. The van der Waals surface area contributed by atoms with Gasteiger partial charge in [-0.2, -0.15) is 4.37 Å². The molecule has 1 atom stereocenters.